The molecule has 0 N–H and O–H groups in total. The zero-order chi connectivity index (χ0) is 23.4. The Morgan fingerprint density at radius 3 is 2.82 bits per heavy atom. The molecule has 6 rings (SSSR count). The largest absolute Gasteiger partial charge is 0.497 e. The zero-order valence-electron chi connectivity index (χ0n) is 17.8. The van der Waals surface area contributed by atoms with E-state index < -0.39 is 17.8 Å². The van der Waals surface area contributed by atoms with E-state index in [9.17, 15) is 13.2 Å². The number of rotatable bonds is 3. The first-order valence-electron chi connectivity index (χ1n) is 10.4. The van der Waals surface area contributed by atoms with Crippen LogP contribution in [0.2, 0.25) is 0 Å². The predicted molar refractivity (Wildman–Crippen MR) is 115 cm³/mol. The van der Waals surface area contributed by atoms with Gasteiger partial charge in [0.05, 0.1) is 41.6 Å². The summed E-state index contributed by atoms with van der Waals surface area (Å²) in [6, 6.07) is 10.2. The summed E-state index contributed by atoms with van der Waals surface area (Å²) in [7, 11) is 1.60. The first kappa shape index (κ1) is 20.5. The molecule has 2 aliphatic heterocycles. The molecule has 1 atom stereocenters. The van der Waals surface area contributed by atoms with Crippen molar-refractivity contribution < 1.29 is 22.6 Å². The van der Waals surface area contributed by atoms with E-state index in [4.69, 9.17) is 9.47 Å². The second-order valence-corrected chi connectivity index (χ2v) is 7.96. The number of benzene rings is 2. The molecule has 4 heterocycles. The Labute approximate surface area is 191 Å². The van der Waals surface area contributed by atoms with Crippen LogP contribution < -0.4 is 4.74 Å². The minimum absolute atomic E-state index is 0.135. The van der Waals surface area contributed by atoms with Gasteiger partial charge in [0.15, 0.2) is 0 Å². The molecular formula is C23H17F3N6O2. The van der Waals surface area contributed by atoms with Crippen LogP contribution in [0.25, 0.3) is 11.4 Å². The summed E-state index contributed by atoms with van der Waals surface area (Å²) >= 11 is 0. The number of aliphatic imine (C=N–C) groups is 1. The molecule has 0 radical (unpaired) electrons. The Balaban J connectivity index is 1.42. The number of methoxy groups -OCH3 is 1. The van der Waals surface area contributed by atoms with Crippen LogP contribution in [-0.4, -0.2) is 44.2 Å². The zero-order valence-corrected chi connectivity index (χ0v) is 17.8. The van der Waals surface area contributed by atoms with E-state index in [0.29, 0.717) is 29.3 Å². The van der Waals surface area contributed by atoms with Gasteiger partial charge in [-0.15, -0.1) is 5.10 Å². The molecule has 2 aromatic heterocycles. The summed E-state index contributed by atoms with van der Waals surface area (Å²) in [5.74, 6) is 0.976. The van der Waals surface area contributed by atoms with Crippen molar-refractivity contribution >= 4 is 5.90 Å². The summed E-state index contributed by atoms with van der Waals surface area (Å²) in [6.07, 6.45) is -0.607. The van der Waals surface area contributed by atoms with Gasteiger partial charge in [-0.1, -0.05) is 17.3 Å². The van der Waals surface area contributed by atoms with E-state index in [0.717, 1.165) is 34.9 Å². The SMILES string of the molecule is COc1ccc2c(c1)-n1nncc1Cc1c(C3=NC(c4cccc(C(F)(F)F)c4)CO3)ncn1-2. The Morgan fingerprint density at radius 2 is 2.00 bits per heavy atom. The van der Waals surface area contributed by atoms with Crippen molar-refractivity contribution in [3.05, 3.63) is 83.2 Å². The number of aromatic nitrogens is 5. The van der Waals surface area contributed by atoms with Crippen LogP contribution in [0.3, 0.4) is 0 Å². The fraction of sp³-hybridized carbons (Fsp3) is 0.217. The molecule has 34 heavy (non-hydrogen) atoms. The van der Waals surface area contributed by atoms with Crippen molar-refractivity contribution in [2.24, 2.45) is 4.99 Å². The van der Waals surface area contributed by atoms with Crippen LogP contribution in [0.5, 0.6) is 5.75 Å². The second kappa shape index (κ2) is 7.44. The quantitative estimate of drug-likeness (QED) is 0.403. The summed E-state index contributed by atoms with van der Waals surface area (Å²) in [5.41, 5.74) is 3.52. The molecular weight excluding hydrogens is 449 g/mol. The van der Waals surface area contributed by atoms with Crippen LogP contribution in [-0.2, 0) is 17.3 Å². The van der Waals surface area contributed by atoms with Gasteiger partial charge in [0, 0.05) is 12.5 Å². The van der Waals surface area contributed by atoms with Gasteiger partial charge < -0.3 is 9.47 Å². The molecule has 1 unspecified atom stereocenters. The van der Waals surface area contributed by atoms with Crippen molar-refractivity contribution in [3.63, 3.8) is 0 Å². The van der Waals surface area contributed by atoms with Crippen LogP contribution >= 0.6 is 0 Å². The highest BCUT2D eigenvalue weighted by molar-refractivity contribution is 5.95. The molecule has 0 spiro atoms. The Bertz CT molecular complexity index is 1440. The third kappa shape index (κ3) is 3.23. The molecule has 8 nitrogen and oxygen atoms in total. The Kier molecular flexibility index (Phi) is 4.48. The van der Waals surface area contributed by atoms with Crippen molar-refractivity contribution in [2.75, 3.05) is 13.7 Å². The molecule has 11 heteroatoms. The standard InChI is InChI=1S/C23H17F3N6O2/c1-33-16-5-6-18-19(9-16)32-15(10-28-30-32)8-20-21(27-12-31(18)20)22-29-17(11-34-22)13-3-2-4-14(7-13)23(24,25)26/h2-7,9-10,12,17H,8,11H2,1H3. The number of fused-ring (bicyclic) bond motifs is 5. The lowest BCUT2D eigenvalue weighted by Crippen LogP contribution is -2.08. The predicted octanol–water partition coefficient (Wildman–Crippen LogP) is 3.90. The Morgan fingerprint density at radius 1 is 1.12 bits per heavy atom. The van der Waals surface area contributed by atoms with Crippen molar-refractivity contribution in [3.8, 4) is 17.1 Å². The third-order valence-electron chi connectivity index (χ3n) is 5.96. The topological polar surface area (TPSA) is 79.3 Å². The number of imidazole rings is 1. The molecule has 0 bridgehead atoms. The highest BCUT2D eigenvalue weighted by Crippen LogP contribution is 2.35. The maximum absolute atomic E-state index is 13.1. The van der Waals surface area contributed by atoms with Crippen LogP contribution in [0, 0.1) is 0 Å². The van der Waals surface area contributed by atoms with E-state index in [2.05, 4.69) is 20.3 Å². The fourth-order valence-corrected chi connectivity index (χ4v) is 4.28. The van der Waals surface area contributed by atoms with E-state index >= 15 is 0 Å². The van der Waals surface area contributed by atoms with Gasteiger partial charge in [-0.05, 0) is 29.8 Å². The normalized spacial score (nSPS) is 16.7. The lowest BCUT2D eigenvalue weighted by Gasteiger charge is -2.11. The molecule has 0 saturated heterocycles. The third-order valence-corrected chi connectivity index (χ3v) is 5.96. The summed E-state index contributed by atoms with van der Waals surface area (Å²) < 4.78 is 54.3. The number of alkyl halides is 3. The number of hydrogen-bond donors (Lipinski definition) is 0. The van der Waals surface area contributed by atoms with Gasteiger partial charge in [-0.25, -0.2) is 14.7 Å². The van der Waals surface area contributed by atoms with Crippen LogP contribution in [0.4, 0.5) is 13.2 Å². The minimum Gasteiger partial charge on any atom is -0.497 e. The highest BCUT2D eigenvalue weighted by Gasteiger charge is 2.33. The van der Waals surface area contributed by atoms with E-state index in [1.54, 1.807) is 30.4 Å². The van der Waals surface area contributed by atoms with Crippen molar-refractivity contribution in [2.45, 2.75) is 18.6 Å². The minimum atomic E-state index is -4.42. The molecule has 2 aliphatic rings. The Hall–Kier alpha value is -4.15. The molecule has 0 amide bonds. The van der Waals surface area contributed by atoms with Crippen molar-refractivity contribution in [1.82, 2.24) is 24.5 Å². The van der Waals surface area contributed by atoms with Crippen LogP contribution in [0.1, 0.15) is 34.3 Å². The van der Waals surface area contributed by atoms with Crippen LogP contribution in [0.15, 0.2) is 60.0 Å². The van der Waals surface area contributed by atoms with Gasteiger partial charge in [0.2, 0.25) is 5.90 Å². The average Bonchev–Trinajstić information content (AvgIpc) is 3.57. The van der Waals surface area contributed by atoms with Gasteiger partial charge in [0.25, 0.3) is 0 Å². The lowest BCUT2D eigenvalue weighted by molar-refractivity contribution is -0.137. The molecule has 0 aliphatic carbocycles. The number of hydrogen-bond acceptors (Lipinski definition) is 6. The summed E-state index contributed by atoms with van der Waals surface area (Å²) in [6.45, 7) is 0.135. The van der Waals surface area contributed by atoms with Gasteiger partial charge in [-0.3, -0.25) is 4.57 Å². The molecule has 2 aromatic carbocycles. The van der Waals surface area contributed by atoms with Gasteiger partial charge in [0.1, 0.15) is 30.4 Å². The maximum atomic E-state index is 13.1. The molecule has 4 aromatic rings. The average molecular weight is 466 g/mol. The summed E-state index contributed by atoms with van der Waals surface area (Å²) in [4.78, 5) is 9.13. The van der Waals surface area contributed by atoms with Crippen molar-refractivity contribution in [1.29, 1.82) is 0 Å². The van der Waals surface area contributed by atoms with E-state index in [1.165, 1.54) is 6.07 Å². The molecule has 0 saturated carbocycles. The first-order valence-corrected chi connectivity index (χ1v) is 10.4. The lowest BCUT2D eigenvalue weighted by atomic mass is 10.0. The molecule has 172 valence electrons. The van der Waals surface area contributed by atoms with E-state index in [-0.39, 0.29) is 6.61 Å². The smallest absolute Gasteiger partial charge is 0.416 e. The fourth-order valence-electron chi connectivity index (χ4n) is 4.28. The van der Waals surface area contributed by atoms with Gasteiger partial charge >= 0.3 is 6.18 Å². The first-order chi connectivity index (χ1) is 16.4. The van der Waals surface area contributed by atoms with E-state index in [1.807, 2.05) is 22.8 Å². The van der Waals surface area contributed by atoms with Gasteiger partial charge in [-0.2, -0.15) is 13.2 Å². The second-order valence-electron chi connectivity index (χ2n) is 7.96. The molecule has 0 fully saturated rings. The summed E-state index contributed by atoms with van der Waals surface area (Å²) in [5, 5.41) is 8.28. The highest BCUT2D eigenvalue weighted by atomic mass is 19.4. The number of nitrogens with zero attached hydrogens (tertiary/aromatic N) is 6. The monoisotopic (exact) mass is 466 g/mol. The number of halogens is 3. The maximum Gasteiger partial charge on any atom is 0.416 e. The number of ether oxygens (including phenoxy) is 2.